The fourth-order valence-corrected chi connectivity index (χ4v) is 3.22. The largest absolute Gasteiger partial charge is 0.459 e. The van der Waals surface area contributed by atoms with Gasteiger partial charge < -0.3 is 19.1 Å². The summed E-state index contributed by atoms with van der Waals surface area (Å²) in [5.41, 5.74) is 0. The van der Waals surface area contributed by atoms with Gasteiger partial charge >= 0.3 is 0 Å². The van der Waals surface area contributed by atoms with Crippen LogP contribution in [-0.4, -0.2) is 71.7 Å². The van der Waals surface area contributed by atoms with Crippen LogP contribution >= 0.6 is 0 Å². The van der Waals surface area contributed by atoms with Crippen LogP contribution in [0.1, 0.15) is 36.2 Å². The topological polar surface area (TPSA) is 74.1 Å². The van der Waals surface area contributed by atoms with E-state index in [0.717, 1.165) is 19.3 Å². The van der Waals surface area contributed by atoms with Gasteiger partial charge in [-0.1, -0.05) is 0 Å². The standard InChI is InChI=1S/C17H23N3O4/c21-15-6-1-2-7-20(15)13-16(22)18-8-4-9-19(11-10-18)17(23)14-5-3-12-24-14/h3,5,12H,1-2,4,6-11,13H2. The third-order valence-corrected chi connectivity index (χ3v) is 4.62. The Bertz CT molecular complexity index is 599. The summed E-state index contributed by atoms with van der Waals surface area (Å²) in [6, 6.07) is 3.34. The van der Waals surface area contributed by atoms with E-state index in [1.165, 1.54) is 6.26 Å². The first-order valence-electron chi connectivity index (χ1n) is 8.53. The van der Waals surface area contributed by atoms with E-state index in [9.17, 15) is 14.4 Å². The molecule has 0 aliphatic carbocycles. The molecule has 2 saturated heterocycles. The van der Waals surface area contributed by atoms with Gasteiger partial charge in [0.2, 0.25) is 11.8 Å². The molecule has 0 radical (unpaired) electrons. The summed E-state index contributed by atoms with van der Waals surface area (Å²) in [5.74, 6) is 0.228. The van der Waals surface area contributed by atoms with Gasteiger partial charge in [0.1, 0.15) is 0 Å². The number of hydrogen-bond acceptors (Lipinski definition) is 4. The van der Waals surface area contributed by atoms with Gasteiger partial charge in [0.05, 0.1) is 12.8 Å². The third-order valence-electron chi connectivity index (χ3n) is 4.62. The highest BCUT2D eigenvalue weighted by molar-refractivity contribution is 5.91. The van der Waals surface area contributed by atoms with Crippen LogP contribution in [0, 0.1) is 0 Å². The van der Waals surface area contributed by atoms with Crippen LogP contribution in [0.15, 0.2) is 22.8 Å². The highest BCUT2D eigenvalue weighted by Gasteiger charge is 2.26. The summed E-state index contributed by atoms with van der Waals surface area (Å²) in [6.07, 6.45) is 4.63. The molecule has 2 fully saturated rings. The zero-order valence-corrected chi connectivity index (χ0v) is 13.8. The van der Waals surface area contributed by atoms with E-state index in [1.54, 1.807) is 26.8 Å². The van der Waals surface area contributed by atoms with Crippen LogP contribution in [0.2, 0.25) is 0 Å². The summed E-state index contributed by atoms with van der Waals surface area (Å²) >= 11 is 0. The SMILES string of the molecule is O=C(CN1CCCCC1=O)N1CCCN(C(=O)c2ccco2)CC1. The molecule has 0 spiro atoms. The van der Waals surface area contributed by atoms with Gasteiger partial charge in [0.15, 0.2) is 5.76 Å². The highest BCUT2D eigenvalue weighted by Crippen LogP contribution is 2.13. The molecule has 1 aromatic rings. The summed E-state index contributed by atoms with van der Waals surface area (Å²) in [6.45, 7) is 3.02. The lowest BCUT2D eigenvalue weighted by Gasteiger charge is -2.29. The maximum Gasteiger partial charge on any atom is 0.289 e. The van der Waals surface area contributed by atoms with Crippen molar-refractivity contribution in [2.75, 3.05) is 39.3 Å². The second-order valence-corrected chi connectivity index (χ2v) is 6.28. The second kappa shape index (κ2) is 7.51. The summed E-state index contributed by atoms with van der Waals surface area (Å²) in [5, 5.41) is 0. The van der Waals surface area contributed by atoms with E-state index in [4.69, 9.17) is 4.42 Å². The Balaban J connectivity index is 1.54. The van der Waals surface area contributed by atoms with Crippen molar-refractivity contribution in [3.63, 3.8) is 0 Å². The molecule has 24 heavy (non-hydrogen) atoms. The maximum atomic E-state index is 12.5. The van der Waals surface area contributed by atoms with E-state index in [0.29, 0.717) is 44.9 Å². The van der Waals surface area contributed by atoms with Crippen molar-refractivity contribution in [3.8, 4) is 0 Å². The molecule has 130 valence electrons. The van der Waals surface area contributed by atoms with Gasteiger partial charge in [-0.2, -0.15) is 0 Å². The minimum Gasteiger partial charge on any atom is -0.459 e. The molecular formula is C17H23N3O4. The predicted octanol–water partition coefficient (Wildman–Crippen LogP) is 0.967. The van der Waals surface area contributed by atoms with Crippen LogP contribution in [0.3, 0.4) is 0 Å². The van der Waals surface area contributed by atoms with Crippen LogP contribution in [-0.2, 0) is 9.59 Å². The van der Waals surface area contributed by atoms with Gasteiger partial charge in [-0.3, -0.25) is 14.4 Å². The van der Waals surface area contributed by atoms with Crippen molar-refractivity contribution in [1.29, 1.82) is 0 Å². The number of rotatable bonds is 3. The number of carbonyl (C=O) groups excluding carboxylic acids is 3. The molecule has 1 aromatic heterocycles. The number of nitrogens with zero attached hydrogens (tertiary/aromatic N) is 3. The molecule has 0 bridgehead atoms. The molecule has 7 nitrogen and oxygen atoms in total. The first kappa shape index (κ1) is 16.5. The van der Waals surface area contributed by atoms with Gasteiger partial charge in [0.25, 0.3) is 5.91 Å². The van der Waals surface area contributed by atoms with Crippen LogP contribution in [0.4, 0.5) is 0 Å². The quantitative estimate of drug-likeness (QED) is 0.826. The zero-order chi connectivity index (χ0) is 16.9. The van der Waals surface area contributed by atoms with E-state index in [-0.39, 0.29) is 24.3 Å². The number of piperidine rings is 1. The predicted molar refractivity (Wildman–Crippen MR) is 86.2 cm³/mol. The average Bonchev–Trinajstić information content (AvgIpc) is 3.00. The number of amides is 3. The summed E-state index contributed by atoms with van der Waals surface area (Å²) in [7, 11) is 0. The maximum absolute atomic E-state index is 12.5. The first-order chi connectivity index (χ1) is 11.6. The van der Waals surface area contributed by atoms with Crippen molar-refractivity contribution < 1.29 is 18.8 Å². The lowest BCUT2D eigenvalue weighted by atomic mass is 10.1. The Morgan fingerprint density at radius 1 is 1.00 bits per heavy atom. The first-order valence-corrected chi connectivity index (χ1v) is 8.53. The number of carbonyl (C=O) groups is 3. The molecule has 0 atom stereocenters. The van der Waals surface area contributed by atoms with Crippen molar-refractivity contribution in [3.05, 3.63) is 24.2 Å². The molecule has 0 unspecified atom stereocenters. The molecule has 0 saturated carbocycles. The molecule has 3 heterocycles. The van der Waals surface area contributed by atoms with E-state index >= 15 is 0 Å². The fourth-order valence-electron chi connectivity index (χ4n) is 3.22. The van der Waals surface area contributed by atoms with E-state index in [1.807, 2.05) is 0 Å². The Hall–Kier alpha value is -2.31. The number of hydrogen-bond donors (Lipinski definition) is 0. The van der Waals surface area contributed by atoms with E-state index < -0.39 is 0 Å². The Labute approximate surface area is 141 Å². The van der Waals surface area contributed by atoms with Crippen molar-refractivity contribution in [2.24, 2.45) is 0 Å². The van der Waals surface area contributed by atoms with Crippen molar-refractivity contribution in [1.82, 2.24) is 14.7 Å². The molecule has 0 N–H and O–H groups in total. The van der Waals surface area contributed by atoms with Crippen molar-refractivity contribution >= 4 is 17.7 Å². The van der Waals surface area contributed by atoms with Gasteiger partial charge in [-0.05, 0) is 31.4 Å². The van der Waals surface area contributed by atoms with Crippen LogP contribution in [0.5, 0.6) is 0 Å². The Morgan fingerprint density at radius 2 is 1.79 bits per heavy atom. The van der Waals surface area contributed by atoms with Crippen molar-refractivity contribution in [2.45, 2.75) is 25.7 Å². The summed E-state index contributed by atoms with van der Waals surface area (Å²) < 4.78 is 5.16. The zero-order valence-electron chi connectivity index (χ0n) is 13.8. The minimum absolute atomic E-state index is 0.0300. The third kappa shape index (κ3) is 3.77. The molecule has 3 amide bonds. The monoisotopic (exact) mass is 333 g/mol. The average molecular weight is 333 g/mol. The Morgan fingerprint density at radius 3 is 2.54 bits per heavy atom. The smallest absolute Gasteiger partial charge is 0.289 e. The number of likely N-dealkylation sites (tertiary alicyclic amines) is 1. The molecule has 0 aromatic carbocycles. The Kier molecular flexibility index (Phi) is 5.17. The normalized spacial score (nSPS) is 19.3. The molecule has 7 heteroatoms. The minimum atomic E-state index is -0.138. The lowest BCUT2D eigenvalue weighted by Crippen LogP contribution is -2.45. The summed E-state index contributed by atoms with van der Waals surface area (Å²) in [4.78, 5) is 41.8. The molecular weight excluding hydrogens is 310 g/mol. The van der Waals surface area contributed by atoms with Crippen LogP contribution < -0.4 is 0 Å². The molecule has 2 aliphatic heterocycles. The lowest BCUT2D eigenvalue weighted by molar-refractivity contribution is -0.141. The van der Waals surface area contributed by atoms with Gasteiger partial charge in [-0.15, -0.1) is 0 Å². The van der Waals surface area contributed by atoms with Crippen LogP contribution in [0.25, 0.3) is 0 Å². The van der Waals surface area contributed by atoms with Gasteiger partial charge in [-0.25, -0.2) is 0 Å². The number of furan rings is 1. The fraction of sp³-hybridized carbons (Fsp3) is 0.588. The van der Waals surface area contributed by atoms with Gasteiger partial charge in [0, 0.05) is 39.1 Å². The molecule has 2 aliphatic rings. The molecule has 3 rings (SSSR count). The second-order valence-electron chi connectivity index (χ2n) is 6.28. The highest BCUT2D eigenvalue weighted by atomic mass is 16.3. The van der Waals surface area contributed by atoms with E-state index in [2.05, 4.69) is 0 Å².